The molecule has 0 aromatic carbocycles. The summed E-state index contributed by atoms with van der Waals surface area (Å²) in [5.74, 6) is 1.61. The Balaban J connectivity index is 0.00000256. The zero-order valence-electron chi connectivity index (χ0n) is 11.4. The average molecular weight is 263 g/mol. The van der Waals surface area contributed by atoms with Gasteiger partial charge >= 0.3 is 0 Å². The molecule has 1 saturated heterocycles. The molecule has 17 heavy (non-hydrogen) atoms. The first-order valence-electron chi connectivity index (χ1n) is 6.63. The van der Waals surface area contributed by atoms with Gasteiger partial charge in [0.25, 0.3) is 0 Å². The van der Waals surface area contributed by atoms with E-state index in [1.807, 2.05) is 7.05 Å². The molecule has 1 aliphatic rings. The van der Waals surface area contributed by atoms with Gasteiger partial charge in [0.05, 0.1) is 0 Å². The van der Waals surface area contributed by atoms with Gasteiger partial charge in [0, 0.05) is 19.5 Å². The van der Waals surface area contributed by atoms with Crippen molar-refractivity contribution in [3.8, 4) is 0 Å². The van der Waals surface area contributed by atoms with Crippen LogP contribution >= 0.6 is 12.4 Å². The molecule has 102 valence electrons. The molecule has 4 heteroatoms. The number of likely N-dealkylation sites (tertiary alicyclic amines) is 1. The van der Waals surface area contributed by atoms with Gasteiger partial charge in [-0.3, -0.25) is 4.79 Å². The summed E-state index contributed by atoms with van der Waals surface area (Å²) in [4.78, 5) is 14.1. The second-order valence-corrected chi connectivity index (χ2v) is 4.94. The fraction of sp³-hybridized carbons (Fsp3) is 0.923. The molecule has 1 rings (SSSR count). The summed E-state index contributed by atoms with van der Waals surface area (Å²) in [6.45, 7) is 7.31. The van der Waals surface area contributed by atoms with Crippen molar-refractivity contribution in [2.24, 2.45) is 11.8 Å². The Bertz CT molecular complexity index is 219. The number of halogens is 1. The molecule has 1 fully saturated rings. The molecule has 1 atom stereocenters. The highest BCUT2D eigenvalue weighted by Gasteiger charge is 2.26. The van der Waals surface area contributed by atoms with Gasteiger partial charge in [0.1, 0.15) is 0 Å². The van der Waals surface area contributed by atoms with Crippen molar-refractivity contribution >= 4 is 18.3 Å². The second-order valence-electron chi connectivity index (χ2n) is 4.94. The second kappa shape index (κ2) is 8.76. The normalized spacial score (nSPS) is 19.5. The van der Waals surface area contributed by atoms with E-state index in [-0.39, 0.29) is 12.4 Å². The summed E-state index contributed by atoms with van der Waals surface area (Å²) in [6, 6.07) is 0. The highest BCUT2D eigenvalue weighted by atomic mass is 35.5. The number of carbonyl (C=O) groups excluding carboxylic acids is 1. The van der Waals surface area contributed by atoms with Gasteiger partial charge in [-0.2, -0.15) is 0 Å². The van der Waals surface area contributed by atoms with Gasteiger partial charge in [0.2, 0.25) is 5.91 Å². The summed E-state index contributed by atoms with van der Waals surface area (Å²) in [5.41, 5.74) is 0. The van der Waals surface area contributed by atoms with Crippen molar-refractivity contribution in [2.75, 3.05) is 26.7 Å². The molecule has 0 saturated carbocycles. The van der Waals surface area contributed by atoms with Gasteiger partial charge in [0.15, 0.2) is 0 Å². The smallest absolute Gasteiger partial charge is 0.222 e. The van der Waals surface area contributed by atoms with E-state index >= 15 is 0 Å². The quantitative estimate of drug-likeness (QED) is 0.797. The minimum absolute atomic E-state index is 0. The van der Waals surface area contributed by atoms with Crippen molar-refractivity contribution < 1.29 is 4.79 Å². The SMILES string of the molecule is CCC(CC)CC(=O)N1CCC(CNC)C1.Cl. The highest BCUT2D eigenvalue weighted by Crippen LogP contribution is 2.20. The maximum Gasteiger partial charge on any atom is 0.222 e. The zero-order chi connectivity index (χ0) is 12.0. The number of carbonyl (C=O) groups is 1. The van der Waals surface area contributed by atoms with Crippen LogP contribution in [0.1, 0.15) is 39.5 Å². The molecule has 0 aliphatic carbocycles. The molecular formula is C13H27ClN2O. The third-order valence-electron chi connectivity index (χ3n) is 3.75. The average Bonchev–Trinajstić information content (AvgIpc) is 2.74. The molecule has 1 N–H and O–H groups in total. The maximum absolute atomic E-state index is 12.0. The highest BCUT2D eigenvalue weighted by molar-refractivity contribution is 5.85. The van der Waals surface area contributed by atoms with Crippen LogP contribution in [0, 0.1) is 11.8 Å². The first-order valence-corrected chi connectivity index (χ1v) is 6.63. The van der Waals surface area contributed by atoms with Gasteiger partial charge < -0.3 is 10.2 Å². The van der Waals surface area contributed by atoms with Crippen molar-refractivity contribution in [1.82, 2.24) is 10.2 Å². The number of rotatable bonds is 6. The summed E-state index contributed by atoms with van der Waals surface area (Å²) in [6.07, 6.45) is 4.15. The van der Waals surface area contributed by atoms with Gasteiger partial charge in [-0.1, -0.05) is 26.7 Å². The predicted molar refractivity (Wildman–Crippen MR) is 74.6 cm³/mol. The molecule has 0 aromatic heterocycles. The van der Waals surface area contributed by atoms with E-state index in [4.69, 9.17) is 0 Å². The van der Waals surface area contributed by atoms with Crippen LogP contribution < -0.4 is 5.32 Å². The zero-order valence-corrected chi connectivity index (χ0v) is 12.2. The molecular weight excluding hydrogens is 236 g/mol. The van der Waals surface area contributed by atoms with E-state index in [2.05, 4.69) is 24.1 Å². The van der Waals surface area contributed by atoms with E-state index in [9.17, 15) is 4.79 Å². The first kappa shape index (κ1) is 16.7. The summed E-state index contributed by atoms with van der Waals surface area (Å²) >= 11 is 0. The Labute approximate surface area is 112 Å². The lowest BCUT2D eigenvalue weighted by molar-refractivity contribution is -0.131. The van der Waals surface area contributed by atoms with Gasteiger partial charge in [-0.15, -0.1) is 12.4 Å². The Morgan fingerprint density at radius 2 is 2.06 bits per heavy atom. The molecule has 0 spiro atoms. The number of hydrogen-bond acceptors (Lipinski definition) is 2. The standard InChI is InChI=1S/C13H26N2O.ClH/c1-4-11(5-2)8-13(16)15-7-6-12(10-15)9-14-3;/h11-12,14H,4-10H2,1-3H3;1H. The minimum Gasteiger partial charge on any atom is -0.342 e. The van der Waals surface area contributed by atoms with Crippen LogP contribution in [0.2, 0.25) is 0 Å². The van der Waals surface area contributed by atoms with Crippen LogP contribution in [0.3, 0.4) is 0 Å². The van der Waals surface area contributed by atoms with E-state index in [1.54, 1.807) is 0 Å². The minimum atomic E-state index is 0. The third kappa shape index (κ3) is 5.26. The van der Waals surface area contributed by atoms with Crippen LogP contribution in [-0.2, 0) is 4.79 Å². The van der Waals surface area contributed by atoms with Crippen LogP contribution in [0.5, 0.6) is 0 Å². The van der Waals surface area contributed by atoms with Crippen LogP contribution in [-0.4, -0.2) is 37.5 Å². The Morgan fingerprint density at radius 3 is 2.59 bits per heavy atom. The monoisotopic (exact) mass is 262 g/mol. The molecule has 0 radical (unpaired) electrons. The number of hydrogen-bond donors (Lipinski definition) is 1. The summed E-state index contributed by atoms with van der Waals surface area (Å²) in [7, 11) is 1.98. The molecule has 0 aromatic rings. The molecule has 1 aliphatic heterocycles. The fourth-order valence-corrected chi connectivity index (χ4v) is 2.47. The van der Waals surface area contributed by atoms with Crippen molar-refractivity contribution in [3.05, 3.63) is 0 Å². The van der Waals surface area contributed by atoms with E-state index in [1.165, 1.54) is 0 Å². The lowest BCUT2D eigenvalue weighted by Gasteiger charge is -2.19. The first-order chi connectivity index (χ1) is 7.71. The Kier molecular flexibility index (Phi) is 8.61. The fourth-order valence-electron chi connectivity index (χ4n) is 2.47. The summed E-state index contributed by atoms with van der Waals surface area (Å²) in [5, 5.41) is 3.19. The van der Waals surface area contributed by atoms with E-state index in [0.29, 0.717) is 17.7 Å². The van der Waals surface area contributed by atoms with E-state index < -0.39 is 0 Å². The lowest BCUT2D eigenvalue weighted by Crippen LogP contribution is -2.31. The molecule has 1 amide bonds. The number of nitrogens with one attached hydrogen (secondary N) is 1. The topological polar surface area (TPSA) is 32.3 Å². The summed E-state index contributed by atoms with van der Waals surface area (Å²) < 4.78 is 0. The predicted octanol–water partition coefficient (Wildman–Crippen LogP) is 2.30. The molecule has 1 unspecified atom stereocenters. The van der Waals surface area contributed by atoms with Crippen molar-refractivity contribution in [1.29, 1.82) is 0 Å². The molecule has 1 heterocycles. The molecule has 0 bridgehead atoms. The number of amides is 1. The van der Waals surface area contributed by atoms with Gasteiger partial charge in [-0.05, 0) is 31.8 Å². The van der Waals surface area contributed by atoms with Crippen LogP contribution in [0.15, 0.2) is 0 Å². The van der Waals surface area contributed by atoms with Crippen LogP contribution in [0.4, 0.5) is 0 Å². The Morgan fingerprint density at radius 1 is 1.41 bits per heavy atom. The Hall–Kier alpha value is -0.280. The maximum atomic E-state index is 12.0. The van der Waals surface area contributed by atoms with E-state index in [0.717, 1.165) is 45.3 Å². The van der Waals surface area contributed by atoms with Crippen molar-refractivity contribution in [3.63, 3.8) is 0 Å². The van der Waals surface area contributed by atoms with Gasteiger partial charge in [-0.25, -0.2) is 0 Å². The third-order valence-corrected chi connectivity index (χ3v) is 3.75. The molecule has 3 nitrogen and oxygen atoms in total. The van der Waals surface area contributed by atoms with Crippen molar-refractivity contribution in [2.45, 2.75) is 39.5 Å². The van der Waals surface area contributed by atoms with Crippen LogP contribution in [0.25, 0.3) is 0 Å². The number of nitrogens with zero attached hydrogens (tertiary/aromatic N) is 1. The largest absolute Gasteiger partial charge is 0.342 e. The lowest BCUT2D eigenvalue weighted by atomic mass is 9.99.